The zero-order valence-electron chi connectivity index (χ0n) is 5.64. The lowest BCUT2D eigenvalue weighted by atomic mass is 10.5. The van der Waals surface area contributed by atoms with Crippen LogP contribution < -0.4 is 5.14 Å². The summed E-state index contributed by atoms with van der Waals surface area (Å²) in [4.78, 5) is 0. The van der Waals surface area contributed by atoms with Crippen molar-refractivity contribution in [1.82, 2.24) is 4.37 Å². The molecule has 1 heterocycles. The average Bonchev–Trinajstić information content (AvgIpc) is 2.11. The lowest BCUT2D eigenvalue weighted by molar-refractivity contribution is 0.599. The molecule has 0 atom stereocenters. The number of hydrogen-bond donors (Lipinski definition) is 1. The summed E-state index contributed by atoms with van der Waals surface area (Å²) >= 11 is 0.894. The third-order valence-corrected chi connectivity index (χ3v) is 3.16. The molecular weight excluding hydrogens is 208 g/mol. The van der Waals surface area contributed by atoms with Gasteiger partial charge in [0.25, 0.3) is 0 Å². The Hall–Kier alpha value is -0.170. The summed E-state index contributed by atoms with van der Waals surface area (Å²) in [5, 5.41) is 4.81. The highest BCUT2D eigenvalue weighted by Crippen LogP contribution is 2.13. The minimum atomic E-state index is -3.53. The summed E-state index contributed by atoms with van der Waals surface area (Å²) in [6.07, 6.45) is 0. The van der Waals surface area contributed by atoms with Crippen LogP contribution in [0.5, 0.6) is 0 Å². The van der Waals surface area contributed by atoms with Gasteiger partial charge in [-0.05, 0) is 24.5 Å². The second-order valence-electron chi connectivity index (χ2n) is 1.83. The predicted molar refractivity (Wildman–Crippen MR) is 45.5 cm³/mol. The molecule has 0 amide bonds. The number of aromatic nitrogens is 1. The topological polar surface area (TPSA) is 73.1 Å². The third-order valence-electron chi connectivity index (χ3n) is 0.887. The van der Waals surface area contributed by atoms with Crippen molar-refractivity contribution >= 4 is 34.0 Å². The van der Waals surface area contributed by atoms with E-state index in [9.17, 15) is 8.42 Å². The maximum atomic E-state index is 10.6. The molecule has 1 aromatic rings. The Balaban J connectivity index is 0.000001000. The summed E-state index contributed by atoms with van der Waals surface area (Å²) in [5.41, 5.74) is 0.675. The Morgan fingerprint density at radius 3 is 2.36 bits per heavy atom. The summed E-state index contributed by atoms with van der Waals surface area (Å²) in [6, 6.07) is 1.44. The summed E-state index contributed by atoms with van der Waals surface area (Å²) < 4.78 is 25.1. The fourth-order valence-electron chi connectivity index (χ4n) is 0.474. The maximum Gasteiger partial charge on any atom is 0.249 e. The molecule has 0 saturated heterocycles. The Morgan fingerprint density at radius 1 is 1.64 bits per heavy atom. The van der Waals surface area contributed by atoms with Crippen molar-refractivity contribution in [3.8, 4) is 0 Å². The largest absolute Gasteiger partial charge is 0.249 e. The van der Waals surface area contributed by atoms with Crippen LogP contribution in [0.1, 0.15) is 5.69 Å². The zero-order valence-corrected chi connectivity index (χ0v) is 8.09. The van der Waals surface area contributed by atoms with Gasteiger partial charge in [0.05, 0.1) is 5.69 Å². The van der Waals surface area contributed by atoms with Crippen LogP contribution in [-0.4, -0.2) is 12.8 Å². The van der Waals surface area contributed by atoms with Gasteiger partial charge in [-0.3, -0.25) is 0 Å². The van der Waals surface area contributed by atoms with E-state index in [2.05, 4.69) is 4.37 Å². The molecule has 0 radical (unpaired) electrons. The van der Waals surface area contributed by atoms with Gasteiger partial charge < -0.3 is 0 Å². The first-order valence-electron chi connectivity index (χ1n) is 2.46. The molecule has 0 spiro atoms. The summed E-state index contributed by atoms with van der Waals surface area (Å²) in [5.74, 6) is 0. The monoisotopic (exact) mass is 214 g/mol. The normalized spacial score (nSPS) is 10.7. The Labute approximate surface area is 75.1 Å². The first-order chi connectivity index (χ1) is 4.50. The molecule has 1 rings (SSSR count). The molecule has 64 valence electrons. The Morgan fingerprint density at radius 2 is 2.18 bits per heavy atom. The van der Waals surface area contributed by atoms with Crippen LogP contribution in [0, 0.1) is 6.92 Å². The van der Waals surface area contributed by atoms with E-state index in [1.807, 2.05) is 0 Å². The lowest BCUT2D eigenvalue weighted by Crippen LogP contribution is -2.09. The Bertz CT molecular complexity index is 332. The van der Waals surface area contributed by atoms with E-state index < -0.39 is 10.0 Å². The van der Waals surface area contributed by atoms with Gasteiger partial charge in [-0.25, -0.2) is 13.6 Å². The van der Waals surface area contributed by atoms with Crippen molar-refractivity contribution in [2.75, 3.05) is 0 Å². The minimum Gasteiger partial charge on any atom is -0.224 e. The highest BCUT2D eigenvalue weighted by Gasteiger charge is 2.09. The van der Waals surface area contributed by atoms with Crippen molar-refractivity contribution in [2.24, 2.45) is 5.14 Å². The van der Waals surface area contributed by atoms with Crippen molar-refractivity contribution in [3.63, 3.8) is 0 Å². The standard InChI is InChI=1S/C4H6N2O2S2.ClH/c1-3-2-4(9-6-3)10(5,7)8;/h2H,1H3,(H2,5,7,8);1H. The number of hydrogen-bond acceptors (Lipinski definition) is 4. The van der Waals surface area contributed by atoms with Gasteiger partial charge in [-0.15, -0.1) is 12.4 Å². The predicted octanol–water partition coefficient (Wildman–Crippen LogP) is 0.521. The molecule has 7 heteroatoms. The maximum absolute atomic E-state index is 10.6. The van der Waals surface area contributed by atoms with E-state index in [0.29, 0.717) is 5.69 Å². The molecule has 0 bridgehead atoms. The van der Waals surface area contributed by atoms with E-state index in [1.54, 1.807) is 6.92 Å². The van der Waals surface area contributed by atoms with Crippen LogP contribution in [0.15, 0.2) is 10.3 Å². The number of nitrogens with zero attached hydrogens (tertiary/aromatic N) is 1. The smallest absolute Gasteiger partial charge is 0.224 e. The third kappa shape index (κ3) is 2.74. The lowest BCUT2D eigenvalue weighted by Gasteiger charge is -1.85. The molecule has 0 aliphatic carbocycles. The fraction of sp³-hybridized carbons (Fsp3) is 0.250. The van der Waals surface area contributed by atoms with Crippen molar-refractivity contribution in [3.05, 3.63) is 11.8 Å². The van der Waals surface area contributed by atoms with E-state index >= 15 is 0 Å². The quantitative estimate of drug-likeness (QED) is 0.741. The molecule has 0 unspecified atom stereocenters. The molecule has 0 saturated carbocycles. The first kappa shape index (κ1) is 10.8. The van der Waals surface area contributed by atoms with Gasteiger partial charge in [-0.1, -0.05) is 0 Å². The van der Waals surface area contributed by atoms with Gasteiger partial charge in [-0.2, -0.15) is 4.37 Å². The van der Waals surface area contributed by atoms with Gasteiger partial charge in [0.2, 0.25) is 10.0 Å². The Kier molecular flexibility index (Phi) is 3.43. The first-order valence-corrected chi connectivity index (χ1v) is 4.78. The van der Waals surface area contributed by atoms with Crippen LogP contribution in [0.2, 0.25) is 0 Å². The second-order valence-corrected chi connectivity index (χ2v) is 4.43. The van der Waals surface area contributed by atoms with Gasteiger partial charge >= 0.3 is 0 Å². The zero-order chi connectivity index (χ0) is 7.78. The molecule has 0 aliphatic heterocycles. The molecule has 0 aliphatic rings. The van der Waals surface area contributed by atoms with Crippen LogP contribution in [0.4, 0.5) is 0 Å². The van der Waals surface area contributed by atoms with Crippen molar-refractivity contribution < 1.29 is 8.42 Å². The number of aryl methyl sites for hydroxylation is 1. The summed E-state index contributed by atoms with van der Waals surface area (Å²) in [6.45, 7) is 1.71. The highest BCUT2D eigenvalue weighted by atomic mass is 35.5. The van der Waals surface area contributed by atoms with Gasteiger partial charge in [0, 0.05) is 0 Å². The average molecular weight is 215 g/mol. The highest BCUT2D eigenvalue weighted by molar-refractivity contribution is 7.91. The fourth-order valence-corrected chi connectivity index (χ4v) is 1.85. The second kappa shape index (κ2) is 3.48. The van der Waals surface area contributed by atoms with Crippen LogP contribution in [-0.2, 0) is 10.0 Å². The van der Waals surface area contributed by atoms with Gasteiger partial charge in [0.15, 0.2) is 4.21 Å². The number of nitrogens with two attached hydrogens (primary N) is 1. The number of rotatable bonds is 1. The van der Waals surface area contributed by atoms with Crippen LogP contribution in [0.25, 0.3) is 0 Å². The molecule has 1 aromatic heterocycles. The SMILES string of the molecule is Cc1cc(S(N)(=O)=O)sn1.Cl. The van der Waals surface area contributed by atoms with Crippen molar-refractivity contribution in [1.29, 1.82) is 0 Å². The van der Waals surface area contributed by atoms with Crippen LogP contribution >= 0.6 is 23.9 Å². The number of primary sulfonamides is 1. The molecular formula is C4H7ClN2O2S2. The van der Waals surface area contributed by atoms with Gasteiger partial charge in [0.1, 0.15) is 0 Å². The molecule has 4 nitrogen and oxygen atoms in total. The summed E-state index contributed by atoms with van der Waals surface area (Å²) in [7, 11) is -3.53. The van der Waals surface area contributed by atoms with Crippen LogP contribution in [0.3, 0.4) is 0 Å². The molecule has 0 fully saturated rings. The molecule has 2 N–H and O–H groups in total. The molecule has 11 heavy (non-hydrogen) atoms. The molecule has 0 aromatic carbocycles. The number of halogens is 1. The van der Waals surface area contributed by atoms with E-state index in [4.69, 9.17) is 5.14 Å². The van der Waals surface area contributed by atoms with E-state index in [0.717, 1.165) is 11.5 Å². The minimum absolute atomic E-state index is 0. The van der Waals surface area contributed by atoms with Crippen molar-refractivity contribution in [2.45, 2.75) is 11.1 Å². The van der Waals surface area contributed by atoms with E-state index in [1.165, 1.54) is 6.07 Å². The van der Waals surface area contributed by atoms with E-state index in [-0.39, 0.29) is 16.6 Å². The number of sulfonamides is 1.